The number of fused-ring (bicyclic) bond motifs is 3. The first kappa shape index (κ1) is 30.0. The van der Waals surface area contributed by atoms with E-state index in [0.29, 0.717) is 17.0 Å². The number of carbonyl (C=O) groups is 1. The number of halogens is 5. The molecular formula is C29H23F5N8O2S. The molecule has 1 aliphatic rings. The molecule has 6 rings (SSSR count). The van der Waals surface area contributed by atoms with Crippen LogP contribution in [-0.2, 0) is 19.3 Å². The van der Waals surface area contributed by atoms with Crippen LogP contribution in [0.15, 0.2) is 24.3 Å². The molecule has 0 bridgehead atoms. The number of benzene rings is 2. The number of rotatable bonds is 4. The van der Waals surface area contributed by atoms with E-state index in [9.17, 15) is 27.6 Å². The zero-order valence-corrected chi connectivity index (χ0v) is 24.9. The van der Waals surface area contributed by atoms with E-state index >= 15 is 4.39 Å². The lowest BCUT2D eigenvalue weighted by molar-refractivity contribution is -0.137. The number of methoxy groups -OCH3 is 1. The molecule has 1 amide bonds. The number of nitrogens with two attached hydrogens (primary N) is 1. The maximum Gasteiger partial charge on any atom is 0.417 e. The lowest BCUT2D eigenvalue weighted by Gasteiger charge is -2.35. The van der Waals surface area contributed by atoms with Crippen LogP contribution in [0, 0.1) is 23.0 Å². The van der Waals surface area contributed by atoms with Crippen molar-refractivity contribution in [3.63, 3.8) is 0 Å². The van der Waals surface area contributed by atoms with E-state index in [1.165, 1.54) is 12.0 Å². The van der Waals surface area contributed by atoms with Crippen molar-refractivity contribution in [2.75, 3.05) is 31.8 Å². The third-order valence-electron chi connectivity index (χ3n) is 7.64. The summed E-state index contributed by atoms with van der Waals surface area (Å²) in [5.74, 6) is -2.54. The maximum absolute atomic E-state index is 16.7. The predicted molar refractivity (Wildman–Crippen MR) is 157 cm³/mol. The molecule has 0 saturated heterocycles. The Balaban J connectivity index is 1.62. The fourth-order valence-corrected chi connectivity index (χ4v) is 6.48. The largest absolute Gasteiger partial charge is 0.467 e. The van der Waals surface area contributed by atoms with Gasteiger partial charge in [-0.25, -0.2) is 8.78 Å². The monoisotopic (exact) mass is 642 g/mol. The van der Waals surface area contributed by atoms with Crippen LogP contribution < -0.4 is 15.4 Å². The number of alkyl halides is 3. The van der Waals surface area contributed by atoms with Crippen molar-refractivity contribution in [2.45, 2.75) is 32.2 Å². The standard InChI is InChI=1S/C29H23F5N8O2S/c1-12-10-42-13(7-19(39-42)27(43)40(2)3)11-41(12)26-15-8-17(29(32,33)34)21(22(31)23(15)37-28(38-26)44-4)14-5-6-18(30)24-20(14)16(9-35)25(36)45-24/h5-8,12H,10-11,36H2,1-4H3. The lowest BCUT2D eigenvalue weighted by atomic mass is 9.92. The molecule has 1 atom stereocenters. The van der Waals surface area contributed by atoms with E-state index in [-0.39, 0.29) is 68.1 Å². The second-order valence-electron chi connectivity index (χ2n) is 10.7. The molecule has 232 valence electrons. The van der Waals surface area contributed by atoms with Gasteiger partial charge in [-0.15, -0.1) is 11.3 Å². The Morgan fingerprint density at radius 3 is 2.60 bits per heavy atom. The maximum atomic E-state index is 16.7. The average molecular weight is 643 g/mol. The summed E-state index contributed by atoms with van der Waals surface area (Å²) < 4.78 is 82.5. The van der Waals surface area contributed by atoms with Crippen LogP contribution in [0.4, 0.5) is 32.8 Å². The van der Waals surface area contributed by atoms with Gasteiger partial charge >= 0.3 is 12.2 Å². The molecular weight excluding hydrogens is 619 g/mol. The first-order chi connectivity index (χ1) is 21.2. The molecule has 1 aliphatic heterocycles. The molecule has 0 spiro atoms. The Bertz CT molecular complexity index is 2080. The highest BCUT2D eigenvalue weighted by Gasteiger charge is 2.39. The summed E-state index contributed by atoms with van der Waals surface area (Å²) in [5, 5.41) is 13.5. The minimum Gasteiger partial charge on any atom is -0.467 e. The number of hydrogen-bond acceptors (Lipinski definition) is 9. The molecule has 5 aromatic rings. The molecule has 16 heteroatoms. The van der Waals surface area contributed by atoms with Crippen molar-refractivity contribution in [3.8, 4) is 23.2 Å². The first-order valence-electron chi connectivity index (χ1n) is 13.4. The van der Waals surface area contributed by atoms with Crippen LogP contribution in [-0.4, -0.2) is 57.8 Å². The van der Waals surface area contributed by atoms with E-state index in [2.05, 4.69) is 15.1 Å². The number of nitrogen functional groups attached to an aromatic ring is 1. The summed E-state index contributed by atoms with van der Waals surface area (Å²) >= 11 is 0.682. The van der Waals surface area contributed by atoms with Gasteiger partial charge in [-0.3, -0.25) is 9.48 Å². The highest BCUT2D eigenvalue weighted by Crippen LogP contribution is 2.48. The Morgan fingerprint density at radius 1 is 1.22 bits per heavy atom. The molecule has 0 aliphatic carbocycles. The van der Waals surface area contributed by atoms with E-state index in [1.807, 2.05) is 0 Å². The summed E-state index contributed by atoms with van der Waals surface area (Å²) in [7, 11) is 4.40. The topological polar surface area (TPSA) is 126 Å². The van der Waals surface area contributed by atoms with Crippen LogP contribution in [0.1, 0.15) is 34.2 Å². The second kappa shape index (κ2) is 10.5. The average Bonchev–Trinajstić information content (AvgIpc) is 3.56. The lowest BCUT2D eigenvalue weighted by Crippen LogP contribution is -2.42. The minimum atomic E-state index is -5.09. The summed E-state index contributed by atoms with van der Waals surface area (Å²) in [6, 6.07) is 5.30. The third kappa shape index (κ3) is 4.74. The zero-order chi connectivity index (χ0) is 32.5. The summed E-state index contributed by atoms with van der Waals surface area (Å²) in [4.78, 5) is 24.0. The number of hydrogen-bond donors (Lipinski definition) is 1. The summed E-state index contributed by atoms with van der Waals surface area (Å²) in [6.45, 7) is 2.11. The summed E-state index contributed by atoms with van der Waals surface area (Å²) in [5.41, 5.74) is 3.28. The van der Waals surface area contributed by atoms with Gasteiger partial charge in [0.25, 0.3) is 5.91 Å². The smallest absolute Gasteiger partial charge is 0.417 e. The van der Waals surface area contributed by atoms with Gasteiger partial charge in [0.1, 0.15) is 28.2 Å². The number of nitrogens with zero attached hydrogens (tertiary/aromatic N) is 7. The fourth-order valence-electron chi connectivity index (χ4n) is 5.53. The van der Waals surface area contributed by atoms with Gasteiger partial charge in [0.05, 0.1) is 41.7 Å². The van der Waals surface area contributed by atoms with Crippen LogP contribution in [0.5, 0.6) is 6.01 Å². The molecule has 1 unspecified atom stereocenters. The SMILES string of the molecule is COc1nc(N2Cc3cc(C(=O)N(C)C)nn3CC2C)c2cc(C(F)(F)F)c(-c3ccc(F)c4sc(N)c(C#N)c34)c(F)c2n1. The number of thiophene rings is 1. The van der Waals surface area contributed by atoms with Crippen LogP contribution in [0.3, 0.4) is 0 Å². The van der Waals surface area contributed by atoms with Crippen LogP contribution >= 0.6 is 11.3 Å². The molecule has 4 heterocycles. The van der Waals surface area contributed by atoms with Crippen molar-refractivity contribution >= 4 is 49.1 Å². The molecule has 2 aromatic carbocycles. The van der Waals surface area contributed by atoms with Crippen molar-refractivity contribution in [1.82, 2.24) is 24.6 Å². The second-order valence-corrected chi connectivity index (χ2v) is 11.7. The van der Waals surface area contributed by atoms with E-state index in [4.69, 9.17) is 10.5 Å². The van der Waals surface area contributed by atoms with Gasteiger partial charge in [0.15, 0.2) is 11.5 Å². The number of amides is 1. The van der Waals surface area contributed by atoms with Gasteiger partial charge in [-0.05, 0) is 30.7 Å². The number of anilines is 2. The Labute approximate surface area is 256 Å². The number of carbonyl (C=O) groups excluding carboxylic acids is 1. The van der Waals surface area contributed by atoms with Crippen molar-refractivity contribution in [3.05, 3.63) is 58.4 Å². The first-order valence-corrected chi connectivity index (χ1v) is 14.2. The van der Waals surface area contributed by atoms with Crippen LogP contribution in [0.2, 0.25) is 0 Å². The Hall–Kier alpha value is -5.04. The van der Waals surface area contributed by atoms with Gasteiger partial charge in [0.2, 0.25) is 0 Å². The molecule has 2 N–H and O–H groups in total. The van der Waals surface area contributed by atoms with Crippen LogP contribution in [0.25, 0.3) is 32.1 Å². The number of nitriles is 1. The molecule has 10 nitrogen and oxygen atoms in total. The summed E-state index contributed by atoms with van der Waals surface area (Å²) in [6.07, 6.45) is -5.09. The predicted octanol–water partition coefficient (Wildman–Crippen LogP) is 5.58. The molecule has 45 heavy (non-hydrogen) atoms. The fraction of sp³-hybridized carbons (Fsp3) is 0.276. The molecule has 0 radical (unpaired) electrons. The molecule has 0 fully saturated rings. The van der Waals surface area contributed by atoms with E-state index < -0.39 is 40.5 Å². The van der Waals surface area contributed by atoms with Gasteiger partial charge in [-0.1, -0.05) is 6.07 Å². The van der Waals surface area contributed by atoms with Crippen molar-refractivity contribution in [1.29, 1.82) is 5.26 Å². The van der Waals surface area contributed by atoms with E-state index in [1.54, 1.807) is 42.7 Å². The minimum absolute atomic E-state index is 0.0324. The van der Waals surface area contributed by atoms with Gasteiger partial charge < -0.3 is 20.3 Å². The highest BCUT2D eigenvalue weighted by molar-refractivity contribution is 7.23. The van der Waals surface area contributed by atoms with Crippen molar-refractivity contribution in [2.24, 2.45) is 0 Å². The Morgan fingerprint density at radius 2 is 1.96 bits per heavy atom. The number of aromatic nitrogens is 4. The normalized spacial score (nSPS) is 14.9. The zero-order valence-electron chi connectivity index (χ0n) is 24.1. The molecule has 3 aromatic heterocycles. The quantitative estimate of drug-likeness (QED) is 0.252. The molecule has 0 saturated carbocycles. The highest BCUT2D eigenvalue weighted by atomic mass is 32.1. The van der Waals surface area contributed by atoms with E-state index in [0.717, 1.165) is 18.2 Å². The van der Waals surface area contributed by atoms with Crippen molar-refractivity contribution < 1.29 is 31.5 Å². The third-order valence-corrected chi connectivity index (χ3v) is 8.67. The van der Waals surface area contributed by atoms with Gasteiger partial charge in [-0.2, -0.15) is 33.5 Å². The van der Waals surface area contributed by atoms with Gasteiger partial charge in [0, 0.05) is 36.5 Å². The number of ether oxygens (including phenoxy) is 1. The Kier molecular flexibility index (Phi) is 7.03.